The summed E-state index contributed by atoms with van der Waals surface area (Å²) in [6.07, 6.45) is 0.922. The minimum Gasteiger partial charge on any atom is -0.473 e. The lowest BCUT2D eigenvalue weighted by molar-refractivity contribution is -0.159. The molecule has 1 aromatic carbocycles. The second-order valence-electron chi connectivity index (χ2n) is 4.30. The number of hydrogen-bond donors (Lipinski definition) is 3. The van der Waals surface area contributed by atoms with Crippen LogP contribution in [-0.2, 0) is 9.59 Å². The van der Waals surface area contributed by atoms with Crippen molar-refractivity contribution in [3.8, 4) is 0 Å². The molecular weight excluding hydrogens is 260 g/mol. The number of nitrogens with zero attached hydrogens (tertiary/aromatic N) is 1. The van der Waals surface area contributed by atoms with E-state index in [4.69, 9.17) is 25.5 Å². The number of hydrogen-bond acceptors (Lipinski definition) is 3. The van der Waals surface area contributed by atoms with Crippen LogP contribution in [0.3, 0.4) is 0 Å². The van der Waals surface area contributed by atoms with E-state index in [2.05, 4.69) is 37.4 Å². The van der Waals surface area contributed by atoms with Crippen LogP contribution < -0.4 is 11.1 Å². The summed E-state index contributed by atoms with van der Waals surface area (Å²) in [4.78, 5) is 18.2. The van der Waals surface area contributed by atoms with Gasteiger partial charge in [0, 0.05) is 11.3 Å². The Labute approximate surface area is 116 Å². The molecule has 0 aliphatic carbocycles. The van der Waals surface area contributed by atoms with Gasteiger partial charge < -0.3 is 15.9 Å². The Kier molecular flexibility index (Phi) is 5.28. The molecule has 0 fully saturated rings. The molecule has 1 radical (unpaired) electrons. The van der Waals surface area contributed by atoms with Gasteiger partial charge >= 0.3 is 11.9 Å². The fourth-order valence-electron chi connectivity index (χ4n) is 1.94. The van der Waals surface area contributed by atoms with Crippen LogP contribution in [0.1, 0.15) is 24.5 Å². The molecule has 0 saturated heterocycles. The van der Waals surface area contributed by atoms with Crippen LogP contribution in [0.25, 0.3) is 5.57 Å². The number of aliphatic carboxylic acids is 2. The van der Waals surface area contributed by atoms with E-state index >= 15 is 0 Å². The summed E-state index contributed by atoms with van der Waals surface area (Å²) in [7, 11) is 0. The van der Waals surface area contributed by atoms with Crippen LogP contribution in [0.15, 0.2) is 23.9 Å². The van der Waals surface area contributed by atoms with Crippen molar-refractivity contribution < 1.29 is 19.8 Å². The van der Waals surface area contributed by atoms with Gasteiger partial charge in [0.1, 0.15) is 0 Å². The molecule has 0 bridgehead atoms. The normalized spacial score (nSPS) is 12.2. The van der Waals surface area contributed by atoms with Gasteiger partial charge in [0.2, 0.25) is 0 Å². The average Bonchev–Trinajstić information content (AvgIpc) is 2.69. The molecule has 1 aliphatic heterocycles. The highest BCUT2D eigenvalue weighted by molar-refractivity contribution is 6.27. The van der Waals surface area contributed by atoms with Crippen LogP contribution in [0.5, 0.6) is 0 Å². The summed E-state index contributed by atoms with van der Waals surface area (Å²) in [5.74, 6) is -3.65. The number of allylic oxidation sites excluding steroid dienone is 1. The van der Waals surface area contributed by atoms with Gasteiger partial charge in [-0.25, -0.2) is 9.59 Å². The van der Waals surface area contributed by atoms with Gasteiger partial charge in [-0.3, -0.25) is 5.32 Å². The SMILES string of the molecule is CC1=C(CCN)c2cccc(C)c2[N]1.O=C(O)C(=O)O. The fraction of sp³-hybridized carbons (Fsp3) is 0.286. The molecule has 0 saturated carbocycles. The Bertz CT molecular complexity index is 552. The molecule has 2 rings (SSSR count). The molecule has 0 atom stereocenters. The number of benzene rings is 1. The van der Waals surface area contributed by atoms with E-state index in [9.17, 15) is 0 Å². The molecule has 1 aliphatic rings. The first kappa shape index (κ1) is 15.7. The van der Waals surface area contributed by atoms with Crippen molar-refractivity contribution in [2.45, 2.75) is 20.3 Å². The second-order valence-corrected chi connectivity index (χ2v) is 4.30. The third-order valence-electron chi connectivity index (χ3n) is 2.86. The lowest BCUT2D eigenvalue weighted by atomic mass is 10.0. The summed E-state index contributed by atoms with van der Waals surface area (Å²) in [6.45, 7) is 4.85. The first-order valence-corrected chi connectivity index (χ1v) is 6.06. The number of nitrogens with two attached hydrogens (primary N) is 1. The van der Waals surface area contributed by atoms with E-state index in [0.717, 1.165) is 17.8 Å². The maximum absolute atomic E-state index is 9.10. The van der Waals surface area contributed by atoms with E-state index < -0.39 is 11.9 Å². The molecule has 6 nitrogen and oxygen atoms in total. The molecule has 0 unspecified atom stereocenters. The molecule has 1 heterocycles. The zero-order chi connectivity index (χ0) is 15.3. The monoisotopic (exact) mass is 277 g/mol. The van der Waals surface area contributed by atoms with Crippen LogP contribution in [0.4, 0.5) is 5.69 Å². The molecule has 6 heteroatoms. The van der Waals surface area contributed by atoms with Gasteiger partial charge in [0.25, 0.3) is 0 Å². The van der Waals surface area contributed by atoms with Crippen LogP contribution in [0, 0.1) is 6.92 Å². The second kappa shape index (κ2) is 6.72. The number of carboxylic acids is 2. The predicted molar refractivity (Wildman–Crippen MR) is 74.5 cm³/mol. The molecule has 4 N–H and O–H groups in total. The van der Waals surface area contributed by atoms with E-state index in [1.165, 1.54) is 16.7 Å². The average molecular weight is 277 g/mol. The third-order valence-corrected chi connectivity index (χ3v) is 2.86. The number of carboxylic acid groups (broad SMARTS) is 2. The molecular formula is C14H17N2O4. The maximum atomic E-state index is 9.10. The van der Waals surface area contributed by atoms with Crippen molar-refractivity contribution in [3.63, 3.8) is 0 Å². The van der Waals surface area contributed by atoms with Gasteiger partial charge in [-0.05, 0) is 37.9 Å². The third kappa shape index (κ3) is 3.58. The molecule has 107 valence electrons. The highest BCUT2D eigenvalue weighted by atomic mass is 16.4. The minimum atomic E-state index is -1.82. The fourth-order valence-corrected chi connectivity index (χ4v) is 1.94. The highest BCUT2D eigenvalue weighted by Gasteiger charge is 2.20. The molecule has 0 spiro atoms. The van der Waals surface area contributed by atoms with Crippen LogP contribution >= 0.6 is 0 Å². The van der Waals surface area contributed by atoms with Gasteiger partial charge in [0.15, 0.2) is 0 Å². The number of para-hydroxylation sites is 1. The summed E-state index contributed by atoms with van der Waals surface area (Å²) < 4.78 is 0. The molecule has 20 heavy (non-hydrogen) atoms. The summed E-state index contributed by atoms with van der Waals surface area (Å²) in [5.41, 5.74) is 11.7. The largest absolute Gasteiger partial charge is 0.473 e. The minimum absolute atomic E-state index is 0.690. The van der Waals surface area contributed by atoms with Crippen molar-refractivity contribution >= 4 is 23.2 Å². The van der Waals surface area contributed by atoms with Gasteiger partial charge in [-0.15, -0.1) is 0 Å². The van der Waals surface area contributed by atoms with Crippen molar-refractivity contribution in [1.29, 1.82) is 0 Å². The summed E-state index contributed by atoms with van der Waals surface area (Å²) in [5, 5.41) is 19.4. The number of rotatable bonds is 2. The summed E-state index contributed by atoms with van der Waals surface area (Å²) >= 11 is 0. The topological polar surface area (TPSA) is 115 Å². The molecule has 0 amide bonds. The Morgan fingerprint density at radius 2 is 1.80 bits per heavy atom. The molecule has 0 aromatic heterocycles. The first-order valence-electron chi connectivity index (χ1n) is 6.06. The smallest absolute Gasteiger partial charge is 0.414 e. The quantitative estimate of drug-likeness (QED) is 0.708. The van der Waals surface area contributed by atoms with E-state index in [0.29, 0.717) is 6.54 Å². The first-order chi connectivity index (χ1) is 9.38. The lowest BCUT2D eigenvalue weighted by Crippen LogP contribution is -2.09. The zero-order valence-corrected chi connectivity index (χ0v) is 11.4. The van der Waals surface area contributed by atoms with Crippen molar-refractivity contribution in [3.05, 3.63) is 35.0 Å². The Balaban J connectivity index is 0.000000286. The van der Waals surface area contributed by atoms with Gasteiger partial charge in [-0.1, -0.05) is 18.2 Å². The number of fused-ring (bicyclic) bond motifs is 1. The Morgan fingerprint density at radius 3 is 2.30 bits per heavy atom. The van der Waals surface area contributed by atoms with Crippen molar-refractivity contribution in [2.75, 3.05) is 6.54 Å². The highest BCUT2D eigenvalue weighted by Crippen LogP contribution is 2.37. The van der Waals surface area contributed by atoms with E-state index in [1.54, 1.807) is 0 Å². The number of aryl methyl sites for hydroxylation is 1. The predicted octanol–water partition coefficient (Wildman–Crippen LogP) is 1.48. The maximum Gasteiger partial charge on any atom is 0.414 e. The van der Waals surface area contributed by atoms with Gasteiger partial charge in [0.05, 0.1) is 5.69 Å². The Hall–Kier alpha value is -2.34. The number of carbonyl (C=O) groups is 2. The van der Waals surface area contributed by atoms with Gasteiger partial charge in [-0.2, -0.15) is 0 Å². The van der Waals surface area contributed by atoms with Crippen LogP contribution in [0.2, 0.25) is 0 Å². The van der Waals surface area contributed by atoms with E-state index in [1.807, 2.05) is 0 Å². The van der Waals surface area contributed by atoms with Crippen LogP contribution in [-0.4, -0.2) is 28.7 Å². The lowest BCUT2D eigenvalue weighted by Gasteiger charge is -2.04. The van der Waals surface area contributed by atoms with Crippen molar-refractivity contribution in [2.24, 2.45) is 5.73 Å². The molecule has 1 aromatic rings. The van der Waals surface area contributed by atoms with E-state index in [-0.39, 0.29) is 0 Å². The van der Waals surface area contributed by atoms with Crippen molar-refractivity contribution in [1.82, 2.24) is 5.32 Å². The summed E-state index contributed by atoms with van der Waals surface area (Å²) in [6, 6.07) is 6.31. The standard InChI is InChI=1S/C12H15N2.C2H2O4/c1-8-4-3-5-11-10(6-7-13)9(2)14-12(8)11;3-1(4)2(5)6/h3-5H,6-7,13H2,1-2H3;(H,3,4)(H,5,6). The zero-order valence-electron chi connectivity index (χ0n) is 11.4. The Morgan fingerprint density at radius 1 is 1.20 bits per heavy atom.